The Morgan fingerprint density at radius 2 is 2.06 bits per heavy atom. The molecule has 4 nitrogen and oxygen atoms in total. The van der Waals surface area contributed by atoms with Gasteiger partial charge in [0, 0.05) is 28.0 Å². The van der Waals surface area contributed by atoms with E-state index in [0.29, 0.717) is 6.73 Å². The Hall–Kier alpha value is -0.653. The molecule has 0 saturated heterocycles. The smallest absolute Gasteiger partial charge is 0.139 e. The van der Waals surface area contributed by atoms with Crippen molar-refractivity contribution in [3.8, 4) is 0 Å². The first-order valence-electron chi connectivity index (χ1n) is 6.09. The molecule has 0 aliphatic rings. The molecule has 0 radical (unpaired) electrons. The van der Waals surface area contributed by atoms with E-state index in [2.05, 4.69) is 24.7 Å². The topological polar surface area (TPSA) is 36.3 Å². The van der Waals surface area contributed by atoms with Gasteiger partial charge in [-0.3, -0.25) is 0 Å². The number of methoxy groups -OCH3 is 1. The summed E-state index contributed by atoms with van der Waals surface area (Å²) in [5.41, 5.74) is 1.20. The van der Waals surface area contributed by atoms with Gasteiger partial charge in [0.2, 0.25) is 0 Å². The van der Waals surface area contributed by atoms with E-state index in [0.717, 1.165) is 19.6 Å². The first-order chi connectivity index (χ1) is 8.01. The third kappa shape index (κ3) is 6.60. The van der Waals surface area contributed by atoms with Gasteiger partial charge >= 0.3 is 0 Å². The molecule has 5 heteroatoms. The molecule has 0 aliphatic carbocycles. The van der Waals surface area contributed by atoms with Crippen LogP contribution in [0.15, 0.2) is 12.4 Å². The average Bonchev–Trinajstić information content (AvgIpc) is 2.68. The quantitative estimate of drug-likeness (QED) is 0.529. The van der Waals surface area contributed by atoms with Crippen molar-refractivity contribution in [3.05, 3.63) is 18.0 Å². The molecule has 0 saturated carbocycles. The summed E-state index contributed by atoms with van der Waals surface area (Å²) < 4.78 is 12.5. The summed E-state index contributed by atoms with van der Waals surface area (Å²) in [5.74, 6) is 0. The van der Waals surface area contributed by atoms with Crippen molar-refractivity contribution in [1.29, 1.82) is 0 Å². The maximum Gasteiger partial charge on any atom is 0.139 e. The minimum absolute atomic E-state index is 0.553. The summed E-state index contributed by atoms with van der Waals surface area (Å²) >= 11 is 0. The van der Waals surface area contributed by atoms with Crippen LogP contribution >= 0.6 is 0 Å². The lowest BCUT2D eigenvalue weighted by Gasteiger charge is -2.15. The van der Waals surface area contributed by atoms with Crippen LogP contribution in [-0.4, -0.2) is 38.2 Å². The number of ether oxygens (including phenoxy) is 2. The van der Waals surface area contributed by atoms with Crippen LogP contribution in [0.4, 0.5) is 0 Å². The second-order valence-electron chi connectivity index (χ2n) is 5.48. The summed E-state index contributed by atoms with van der Waals surface area (Å²) in [6.07, 6.45) is 4.81. The fourth-order valence-electron chi connectivity index (χ4n) is 1.36. The van der Waals surface area contributed by atoms with E-state index in [-0.39, 0.29) is 0 Å². The molecule has 98 valence electrons. The molecule has 0 spiro atoms. The molecule has 1 rings (SSSR count). The monoisotopic (exact) mass is 256 g/mol. The molecule has 0 atom stereocenters. The molecule has 0 N–H and O–H groups in total. The lowest BCUT2D eigenvalue weighted by Crippen LogP contribution is -2.22. The van der Waals surface area contributed by atoms with Crippen LogP contribution in [0.25, 0.3) is 0 Å². The van der Waals surface area contributed by atoms with E-state index in [1.807, 2.05) is 17.1 Å². The second-order valence-corrected chi connectivity index (χ2v) is 11.1. The highest BCUT2D eigenvalue weighted by molar-refractivity contribution is 6.76. The van der Waals surface area contributed by atoms with Gasteiger partial charge in [-0.05, 0) is 18.0 Å². The fourth-order valence-corrected chi connectivity index (χ4v) is 2.12. The molecule has 17 heavy (non-hydrogen) atoms. The Labute approximate surface area is 105 Å². The zero-order valence-corrected chi connectivity index (χ0v) is 12.4. The normalized spacial score (nSPS) is 12.0. The molecule has 1 heterocycles. The molecule has 1 aromatic heterocycles. The molecule has 0 fully saturated rings. The highest BCUT2D eigenvalue weighted by atomic mass is 28.3. The number of hydrogen-bond donors (Lipinski definition) is 0. The molecule has 0 unspecified atom stereocenters. The number of rotatable bonds is 8. The largest absolute Gasteiger partial charge is 0.384 e. The Morgan fingerprint density at radius 3 is 2.71 bits per heavy atom. The SMILES string of the molecule is COCCc1cnn(COCC[Si](C)(C)C)c1. The van der Waals surface area contributed by atoms with E-state index in [9.17, 15) is 0 Å². The zero-order chi connectivity index (χ0) is 12.7. The van der Waals surface area contributed by atoms with E-state index in [1.165, 1.54) is 11.6 Å². The molecular formula is C12H24N2O2Si. The Morgan fingerprint density at radius 1 is 1.29 bits per heavy atom. The van der Waals surface area contributed by atoms with Gasteiger partial charge in [0.15, 0.2) is 0 Å². The van der Waals surface area contributed by atoms with E-state index in [1.54, 1.807) is 7.11 Å². The lowest BCUT2D eigenvalue weighted by molar-refractivity contribution is 0.0785. The Bertz CT molecular complexity index is 321. The number of nitrogens with zero attached hydrogens (tertiary/aromatic N) is 2. The van der Waals surface area contributed by atoms with Crippen LogP contribution < -0.4 is 0 Å². The van der Waals surface area contributed by atoms with Gasteiger partial charge in [-0.2, -0.15) is 5.10 Å². The van der Waals surface area contributed by atoms with Gasteiger partial charge in [-0.15, -0.1) is 0 Å². The van der Waals surface area contributed by atoms with Crippen molar-refractivity contribution in [2.75, 3.05) is 20.3 Å². The van der Waals surface area contributed by atoms with E-state index >= 15 is 0 Å². The van der Waals surface area contributed by atoms with Crippen LogP contribution in [0, 0.1) is 0 Å². The van der Waals surface area contributed by atoms with E-state index in [4.69, 9.17) is 9.47 Å². The molecule has 0 aliphatic heterocycles. The van der Waals surface area contributed by atoms with Crippen molar-refractivity contribution in [1.82, 2.24) is 9.78 Å². The van der Waals surface area contributed by atoms with Crippen LogP contribution in [0.2, 0.25) is 25.7 Å². The van der Waals surface area contributed by atoms with Crippen molar-refractivity contribution < 1.29 is 9.47 Å². The predicted molar refractivity (Wildman–Crippen MR) is 71.9 cm³/mol. The summed E-state index contributed by atoms with van der Waals surface area (Å²) in [5, 5.41) is 4.25. The second kappa shape index (κ2) is 6.93. The maximum absolute atomic E-state index is 5.62. The van der Waals surface area contributed by atoms with Gasteiger partial charge in [0.05, 0.1) is 12.8 Å². The highest BCUT2D eigenvalue weighted by Crippen LogP contribution is 2.08. The Balaban J connectivity index is 2.21. The first kappa shape index (κ1) is 14.4. The van der Waals surface area contributed by atoms with Gasteiger partial charge in [0.25, 0.3) is 0 Å². The van der Waals surface area contributed by atoms with E-state index < -0.39 is 8.07 Å². The minimum atomic E-state index is -0.979. The molecule has 0 amide bonds. The first-order valence-corrected chi connectivity index (χ1v) is 9.80. The summed E-state index contributed by atoms with van der Waals surface area (Å²) in [4.78, 5) is 0. The standard InChI is InChI=1S/C12H24N2O2Si/c1-15-6-5-12-9-13-14(10-12)11-16-7-8-17(2,3)4/h9-10H,5-8,11H2,1-4H3. The van der Waals surface area contributed by atoms with Crippen molar-refractivity contribution in [2.45, 2.75) is 38.8 Å². The summed E-state index contributed by atoms with van der Waals surface area (Å²) in [6, 6.07) is 1.20. The lowest BCUT2D eigenvalue weighted by atomic mass is 10.3. The summed E-state index contributed by atoms with van der Waals surface area (Å²) in [7, 11) is 0.733. The van der Waals surface area contributed by atoms with Gasteiger partial charge < -0.3 is 9.47 Å². The molecular weight excluding hydrogens is 232 g/mol. The fraction of sp³-hybridized carbons (Fsp3) is 0.750. The summed E-state index contributed by atoms with van der Waals surface area (Å²) in [6.45, 7) is 9.19. The van der Waals surface area contributed by atoms with Gasteiger partial charge in [0.1, 0.15) is 6.73 Å². The molecule has 1 aromatic rings. The molecule has 0 aromatic carbocycles. The third-order valence-corrected chi connectivity index (χ3v) is 4.21. The highest BCUT2D eigenvalue weighted by Gasteiger charge is 2.11. The van der Waals surface area contributed by atoms with Gasteiger partial charge in [-0.25, -0.2) is 4.68 Å². The predicted octanol–water partition coefficient (Wildman–Crippen LogP) is 2.38. The average molecular weight is 256 g/mol. The minimum Gasteiger partial charge on any atom is -0.384 e. The van der Waals surface area contributed by atoms with Gasteiger partial charge in [-0.1, -0.05) is 19.6 Å². The zero-order valence-electron chi connectivity index (χ0n) is 11.4. The van der Waals surface area contributed by atoms with Crippen LogP contribution in [0.3, 0.4) is 0 Å². The number of hydrogen-bond acceptors (Lipinski definition) is 3. The molecule has 0 bridgehead atoms. The Kier molecular flexibility index (Phi) is 5.88. The maximum atomic E-state index is 5.62. The van der Waals surface area contributed by atoms with Crippen LogP contribution in [0.5, 0.6) is 0 Å². The van der Waals surface area contributed by atoms with Crippen molar-refractivity contribution in [2.24, 2.45) is 0 Å². The van der Waals surface area contributed by atoms with Crippen LogP contribution in [0.1, 0.15) is 5.56 Å². The third-order valence-electron chi connectivity index (χ3n) is 2.50. The van der Waals surface area contributed by atoms with Crippen LogP contribution in [-0.2, 0) is 22.6 Å². The van der Waals surface area contributed by atoms with Crippen molar-refractivity contribution in [3.63, 3.8) is 0 Å². The number of aromatic nitrogens is 2. The van der Waals surface area contributed by atoms with Crippen molar-refractivity contribution >= 4 is 8.07 Å².